The van der Waals surface area contributed by atoms with Gasteiger partial charge in [-0.15, -0.1) is 0 Å². The zero-order chi connectivity index (χ0) is 15.8. The average Bonchev–Trinajstić information content (AvgIpc) is 2.64. The number of hydrogen-bond acceptors (Lipinski definition) is 5. The van der Waals surface area contributed by atoms with Crippen molar-refractivity contribution in [1.82, 2.24) is 4.31 Å². The summed E-state index contributed by atoms with van der Waals surface area (Å²) in [7, 11) is -4.11. The molecule has 1 saturated heterocycles. The summed E-state index contributed by atoms with van der Waals surface area (Å²) in [5, 5.41) is 0. The molecule has 1 aromatic carbocycles. The van der Waals surface area contributed by atoms with Crippen molar-refractivity contribution in [2.24, 2.45) is 0 Å². The first-order valence-electron chi connectivity index (χ1n) is 6.58. The molecular formula is C14H19NO5S. The molecular weight excluding hydrogens is 294 g/mol. The zero-order valence-corrected chi connectivity index (χ0v) is 13.3. The van der Waals surface area contributed by atoms with Crippen molar-refractivity contribution in [1.29, 1.82) is 0 Å². The minimum absolute atomic E-state index is 0.107. The standard InChI is InChI=1S/C14H19NO5S/c1-10-5-7-11(8-6-10)12-9-19-21(17,18)15(12)13(16)20-14(2,3)4/h5-8,12H,9H2,1-4H3/t12-/m1/s1. The van der Waals surface area contributed by atoms with Gasteiger partial charge in [-0.3, -0.25) is 4.18 Å². The van der Waals surface area contributed by atoms with Gasteiger partial charge in [-0.2, -0.15) is 12.7 Å². The molecule has 0 radical (unpaired) electrons. The molecule has 1 fully saturated rings. The average molecular weight is 313 g/mol. The summed E-state index contributed by atoms with van der Waals surface area (Å²) in [5.41, 5.74) is 0.949. The van der Waals surface area contributed by atoms with Gasteiger partial charge < -0.3 is 4.74 Å². The zero-order valence-electron chi connectivity index (χ0n) is 12.5. The van der Waals surface area contributed by atoms with Crippen LogP contribution in [0.1, 0.15) is 37.9 Å². The van der Waals surface area contributed by atoms with Gasteiger partial charge in [0.1, 0.15) is 11.6 Å². The second-order valence-corrected chi connectivity index (χ2v) is 7.43. The van der Waals surface area contributed by atoms with Crippen LogP contribution in [0, 0.1) is 6.92 Å². The molecule has 7 heteroatoms. The molecule has 0 aliphatic carbocycles. The fraction of sp³-hybridized carbons (Fsp3) is 0.500. The van der Waals surface area contributed by atoms with Crippen LogP contribution in [-0.4, -0.2) is 31.0 Å². The van der Waals surface area contributed by atoms with Crippen LogP contribution < -0.4 is 0 Å². The molecule has 0 bridgehead atoms. The van der Waals surface area contributed by atoms with Crippen LogP contribution in [0.2, 0.25) is 0 Å². The van der Waals surface area contributed by atoms with Gasteiger partial charge in [-0.05, 0) is 33.3 Å². The Bertz CT molecular complexity index is 630. The van der Waals surface area contributed by atoms with Crippen molar-refractivity contribution >= 4 is 16.4 Å². The maximum absolute atomic E-state index is 12.2. The summed E-state index contributed by atoms with van der Waals surface area (Å²) >= 11 is 0. The van der Waals surface area contributed by atoms with Crippen molar-refractivity contribution in [3.05, 3.63) is 35.4 Å². The Hall–Kier alpha value is -1.60. The fourth-order valence-corrected chi connectivity index (χ4v) is 3.10. The summed E-state index contributed by atoms with van der Waals surface area (Å²) in [6, 6.07) is 6.56. The van der Waals surface area contributed by atoms with Crippen LogP contribution in [0.5, 0.6) is 0 Å². The summed E-state index contributed by atoms with van der Waals surface area (Å²) in [6.45, 7) is 6.85. The predicted molar refractivity (Wildman–Crippen MR) is 76.9 cm³/mol. The third-order valence-electron chi connectivity index (χ3n) is 2.93. The molecule has 1 aromatic rings. The first kappa shape index (κ1) is 15.8. The van der Waals surface area contributed by atoms with Crippen molar-refractivity contribution in [3.63, 3.8) is 0 Å². The number of hydrogen-bond donors (Lipinski definition) is 0. The molecule has 1 aliphatic rings. The maximum Gasteiger partial charge on any atom is 0.426 e. The normalized spacial score (nSPS) is 21.3. The summed E-state index contributed by atoms with van der Waals surface area (Å²) in [5.74, 6) is 0. The third kappa shape index (κ3) is 3.54. The van der Waals surface area contributed by atoms with E-state index in [0.29, 0.717) is 9.87 Å². The number of rotatable bonds is 1. The molecule has 1 heterocycles. The second-order valence-electron chi connectivity index (χ2n) is 5.94. The van der Waals surface area contributed by atoms with Gasteiger partial charge in [-0.25, -0.2) is 4.79 Å². The van der Waals surface area contributed by atoms with Crippen LogP contribution >= 0.6 is 0 Å². The van der Waals surface area contributed by atoms with E-state index in [1.165, 1.54) is 0 Å². The quantitative estimate of drug-likeness (QED) is 0.796. The minimum atomic E-state index is -4.11. The molecule has 0 saturated carbocycles. The van der Waals surface area contributed by atoms with Crippen molar-refractivity contribution < 1.29 is 22.1 Å². The highest BCUT2D eigenvalue weighted by Crippen LogP contribution is 2.33. The molecule has 0 N–H and O–H groups in total. The molecule has 1 amide bonds. The van der Waals surface area contributed by atoms with Crippen LogP contribution in [0.4, 0.5) is 4.79 Å². The smallest absolute Gasteiger partial charge is 0.426 e. The Morgan fingerprint density at radius 1 is 1.29 bits per heavy atom. The van der Waals surface area contributed by atoms with E-state index in [0.717, 1.165) is 5.56 Å². The van der Waals surface area contributed by atoms with E-state index in [1.54, 1.807) is 32.9 Å². The summed E-state index contributed by atoms with van der Waals surface area (Å²) in [4.78, 5) is 12.2. The van der Waals surface area contributed by atoms with E-state index in [2.05, 4.69) is 0 Å². The van der Waals surface area contributed by atoms with Crippen LogP contribution in [-0.2, 0) is 19.2 Å². The maximum atomic E-state index is 12.2. The van der Waals surface area contributed by atoms with Crippen LogP contribution in [0.25, 0.3) is 0 Å². The van der Waals surface area contributed by atoms with Crippen molar-refractivity contribution in [2.75, 3.05) is 6.61 Å². The molecule has 0 spiro atoms. The lowest BCUT2D eigenvalue weighted by atomic mass is 10.1. The SMILES string of the molecule is Cc1ccc([C@H]2COS(=O)(=O)N2C(=O)OC(C)(C)C)cc1. The fourth-order valence-electron chi connectivity index (χ4n) is 1.98. The Balaban J connectivity index is 2.33. The topological polar surface area (TPSA) is 72.9 Å². The minimum Gasteiger partial charge on any atom is -0.443 e. The highest BCUT2D eigenvalue weighted by atomic mass is 32.2. The van der Waals surface area contributed by atoms with E-state index < -0.39 is 28.0 Å². The lowest BCUT2D eigenvalue weighted by Crippen LogP contribution is -2.39. The first-order chi connectivity index (χ1) is 9.60. The Morgan fingerprint density at radius 2 is 1.86 bits per heavy atom. The van der Waals surface area contributed by atoms with E-state index in [9.17, 15) is 13.2 Å². The summed E-state index contributed by atoms with van der Waals surface area (Å²) in [6.07, 6.45) is -0.925. The van der Waals surface area contributed by atoms with E-state index >= 15 is 0 Å². The van der Waals surface area contributed by atoms with Gasteiger partial charge in [0, 0.05) is 0 Å². The van der Waals surface area contributed by atoms with Gasteiger partial charge in [0.25, 0.3) is 0 Å². The number of nitrogens with zero attached hydrogens (tertiary/aromatic N) is 1. The lowest BCUT2D eigenvalue weighted by molar-refractivity contribution is 0.0356. The molecule has 0 unspecified atom stereocenters. The molecule has 116 valence electrons. The van der Waals surface area contributed by atoms with Gasteiger partial charge >= 0.3 is 16.4 Å². The highest BCUT2D eigenvalue weighted by molar-refractivity contribution is 7.85. The summed E-state index contributed by atoms with van der Waals surface area (Å²) < 4.78 is 34.5. The highest BCUT2D eigenvalue weighted by Gasteiger charge is 2.45. The number of carbonyl (C=O) groups is 1. The Kier molecular flexibility index (Phi) is 3.99. The van der Waals surface area contributed by atoms with Gasteiger partial charge in [-0.1, -0.05) is 29.8 Å². The molecule has 21 heavy (non-hydrogen) atoms. The monoisotopic (exact) mass is 313 g/mol. The number of benzene rings is 1. The van der Waals surface area contributed by atoms with Crippen LogP contribution in [0.15, 0.2) is 24.3 Å². The first-order valence-corrected chi connectivity index (χ1v) is 7.95. The van der Waals surface area contributed by atoms with E-state index in [1.807, 2.05) is 19.1 Å². The molecule has 2 rings (SSSR count). The van der Waals surface area contributed by atoms with Crippen LogP contribution in [0.3, 0.4) is 0 Å². The number of ether oxygens (including phenoxy) is 1. The number of carbonyl (C=O) groups excluding carboxylic acids is 1. The van der Waals surface area contributed by atoms with Gasteiger partial charge in [0.2, 0.25) is 0 Å². The van der Waals surface area contributed by atoms with Gasteiger partial charge in [0.05, 0.1) is 6.61 Å². The second kappa shape index (κ2) is 5.31. The van der Waals surface area contributed by atoms with Crippen molar-refractivity contribution in [2.45, 2.75) is 39.3 Å². The Morgan fingerprint density at radius 3 is 2.38 bits per heavy atom. The van der Waals surface area contributed by atoms with E-state index in [-0.39, 0.29) is 6.61 Å². The molecule has 0 aromatic heterocycles. The number of amides is 1. The lowest BCUT2D eigenvalue weighted by Gasteiger charge is -2.26. The molecule has 1 aliphatic heterocycles. The molecule has 6 nitrogen and oxygen atoms in total. The van der Waals surface area contributed by atoms with E-state index in [4.69, 9.17) is 8.92 Å². The largest absolute Gasteiger partial charge is 0.443 e. The number of aryl methyl sites for hydroxylation is 1. The predicted octanol–water partition coefficient (Wildman–Crippen LogP) is 2.55. The van der Waals surface area contributed by atoms with Gasteiger partial charge in [0.15, 0.2) is 0 Å². The van der Waals surface area contributed by atoms with Crippen molar-refractivity contribution in [3.8, 4) is 0 Å². The molecule has 1 atom stereocenters. The Labute approximate surface area is 124 Å². The third-order valence-corrected chi connectivity index (χ3v) is 4.25.